The second-order valence-corrected chi connectivity index (χ2v) is 19.2. The molecule has 2 nitrogen and oxygen atoms in total. The molecule has 0 fully saturated rings. The lowest BCUT2D eigenvalue weighted by molar-refractivity contribution is 0.768. The monoisotopic (exact) mass is 928 g/mol. The first kappa shape index (κ1) is 42.4. The minimum Gasteiger partial charge on any atom is -0.310 e. The molecule has 0 saturated heterocycles. The number of anilines is 3. The minimum atomic E-state index is -0.453. The summed E-state index contributed by atoms with van der Waals surface area (Å²) in [6.45, 7) is 0. The second-order valence-electron chi connectivity index (χ2n) is 19.2. The molecule has 0 saturated carbocycles. The van der Waals surface area contributed by atoms with E-state index in [0.717, 1.165) is 28.3 Å². The molecular weight excluding hydrogens is 881 g/mol. The Morgan fingerprint density at radius 3 is 1.51 bits per heavy atom. The lowest BCUT2D eigenvalue weighted by Crippen LogP contribution is -2.28. The fraction of sp³-hybridized carbons (Fsp3) is 0.0141. The first-order valence-corrected chi connectivity index (χ1v) is 25.2. The molecule has 1 aliphatic carbocycles. The average molecular weight is 929 g/mol. The van der Waals surface area contributed by atoms with Gasteiger partial charge in [-0.3, -0.25) is 0 Å². The third-order valence-electron chi connectivity index (χ3n) is 15.3. The summed E-state index contributed by atoms with van der Waals surface area (Å²) in [5, 5.41) is 4.89. The Kier molecular flexibility index (Phi) is 10.1. The number of fused-ring (bicyclic) bond motifs is 7. The van der Waals surface area contributed by atoms with E-state index in [0.29, 0.717) is 0 Å². The fourth-order valence-electron chi connectivity index (χ4n) is 12.0. The van der Waals surface area contributed by atoms with Gasteiger partial charge in [0.15, 0.2) is 0 Å². The van der Waals surface area contributed by atoms with Crippen LogP contribution < -0.4 is 4.90 Å². The van der Waals surface area contributed by atoms with Crippen molar-refractivity contribution < 1.29 is 0 Å². The topological polar surface area (TPSA) is 8.17 Å². The van der Waals surface area contributed by atoms with Crippen molar-refractivity contribution >= 4 is 49.6 Å². The van der Waals surface area contributed by atoms with Gasteiger partial charge in [-0.25, -0.2) is 0 Å². The molecule has 0 N–H and O–H groups in total. The van der Waals surface area contributed by atoms with E-state index in [9.17, 15) is 0 Å². The maximum atomic E-state index is 2.48. The van der Waals surface area contributed by atoms with Crippen molar-refractivity contribution in [3.05, 3.63) is 313 Å². The summed E-state index contributed by atoms with van der Waals surface area (Å²) in [5.74, 6) is 0. The molecule has 342 valence electrons. The van der Waals surface area contributed by atoms with Crippen LogP contribution in [0.3, 0.4) is 0 Å². The van der Waals surface area contributed by atoms with Crippen LogP contribution in [0.1, 0.15) is 22.3 Å². The van der Waals surface area contributed by atoms with Crippen LogP contribution in [-0.4, -0.2) is 4.57 Å². The van der Waals surface area contributed by atoms with E-state index in [-0.39, 0.29) is 0 Å². The number of benzene rings is 12. The van der Waals surface area contributed by atoms with Crippen molar-refractivity contribution in [2.75, 3.05) is 4.90 Å². The molecular formula is C71H48N2. The average Bonchev–Trinajstić information content (AvgIpc) is 3.97. The lowest BCUT2D eigenvalue weighted by atomic mass is 9.68. The fourth-order valence-corrected chi connectivity index (χ4v) is 12.0. The van der Waals surface area contributed by atoms with Crippen LogP contribution in [-0.2, 0) is 5.41 Å². The summed E-state index contributed by atoms with van der Waals surface area (Å²) in [6.07, 6.45) is 0. The van der Waals surface area contributed by atoms with E-state index in [1.54, 1.807) is 0 Å². The number of rotatable bonds is 9. The van der Waals surface area contributed by atoms with E-state index in [2.05, 4.69) is 301 Å². The minimum absolute atomic E-state index is 0.453. The van der Waals surface area contributed by atoms with Crippen LogP contribution in [0.4, 0.5) is 17.1 Å². The number of hydrogen-bond acceptors (Lipinski definition) is 1. The molecule has 2 heteroatoms. The van der Waals surface area contributed by atoms with Gasteiger partial charge in [0.05, 0.1) is 22.1 Å². The van der Waals surface area contributed by atoms with Crippen LogP contribution in [0.2, 0.25) is 0 Å². The van der Waals surface area contributed by atoms with Gasteiger partial charge in [-0.1, -0.05) is 237 Å². The Balaban J connectivity index is 0.883. The molecule has 0 unspecified atom stereocenters. The van der Waals surface area contributed by atoms with Gasteiger partial charge in [-0.15, -0.1) is 0 Å². The zero-order valence-electron chi connectivity index (χ0n) is 40.1. The van der Waals surface area contributed by atoms with Gasteiger partial charge in [0.2, 0.25) is 0 Å². The van der Waals surface area contributed by atoms with Crippen molar-refractivity contribution in [1.29, 1.82) is 0 Å². The predicted molar refractivity (Wildman–Crippen MR) is 307 cm³/mol. The molecule has 12 aromatic carbocycles. The van der Waals surface area contributed by atoms with E-state index in [1.807, 2.05) is 0 Å². The van der Waals surface area contributed by atoms with Crippen molar-refractivity contribution in [2.24, 2.45) is 0 Å². The van der Waals surface area contributed by atoms with Crippen molar-refractivity contribution in [1.82, 2.24) is 4.57 Å². The Hall–Kier alpha value is -9.50. The number of hydrogen-bond donors (Lipinski definition) is 0. The molecule has 0 aliphatic heterocycles. The Labute approximate surface area is 426 Å². The first-order valence-electron chi connectivity index (χ1n) is 25.2. The van der Waals surface area contributed by atoms with Gasteiger partial charge < -0.3 is 9.47 Å². The van der Waals surface area contributed by atoms with Gasteiger partial charge in [-0.05, 0) is 127 Å². The van der Waals surface area contributed by atoms with Crippen molar-refractivity contribution in [2.45, 2.75) is 5.41 Å². The second kappa shape index (κ2) is 17.4. The molecule has 0 spiro atoms. The molecule has 0 atom stereocenters. The summed E-state index contributed by atoms with van der Waals surface area (Å²) in [6, 6.07) is 107. The summed E-state index contributed by atoms with van der Waals surface area (Å²) in [7, 11) is 0. The SMILES string of the molecule is c1ccc(-c2ccc(N(c3ccc(-c4ccccc4-c4ccc5c6ccccc6n(-c6ccc7c(c6)-c6ccccc6C7(c6ccccc6)c6ccccc6)c5c4)cc3)c3cccc4ccccc34)cc2)cc1. The lowest BCUT2D eigenvalue weighted by Gasteiger charge is -2.33. The standard InChI is InChI=1S/C71H48N2/c1-4-19-49(20-5-1)50-35-40-56(41-36-50)72(68-34-18-22-51-21-10-11-29-61(51)68)57-42-37-52(38-43-57)59-27-12-13-28-60(59)53-39-45-64-63-31-15-17-33-69(63)73(70(64)47-53)58-44-46-67-65(48-58)62-30-14-16-32-66(62)71(67,54-23-6-2-7-24-54)55-25-8-3-9-26-55/h1-48H. The summed E-state index contributed by atoms with van der Waals surface area (Å²) in [4.78, 5) is 2.39. The highest BCUT2D eigenvalue weighted by atomic mass is 15.1. The van der Waals surface area contributed by atoms with Gasteiger partial charge in [0.1, 0.15) is 0 Å². The first-order chi connectivity index (χ1) is 36.2. The molecule has 0 radical (unpaired) electrons. The molecule has 13 aromatic rings. The molecule has 1 heterocycles. The molecule has 73 heavy (non-hydrogen) atoms. The van der Waals surface area contributed by atoms with Gasteiger partial charge in [0.25, 0.3) is 0 Å². The molecule has 14 rings (SSSR count). The Morgan fingerprint density at radius 1 is 0.288 bits per heavy atom. The van der Waals surface area contributed by atoms with E-state index in [4.69, 9.17) is 0 Å². The highest BCUT2D eigenvalue weighted by Crippen LogP contribution is 2.56. The third kappa shape index (κ3) is 6.87. The quantitative estimate of drug-likeness (QED) is 0.140. The summed E-state index contributed by atoms with van der Waals surface area (Å²) >= 11 is 0. The highest BCUT2D eigenvalue weighted by molar-refractivity contribution is 6.11. The summed E-state index contributed by atoms with van der Waals surface area (Å²) < 4.78 is 2.48. The Morgan fingerprint density at radius 2 is 0.795 bits per heavy atom. The Bertz CT molecular complexity index is 4130. The van der Waals surface area contributed by atoms with Crippen molar-refractivity contribution in [3.8, 4) is 50.2 Å². The van der Waals surface area contributed by atoms with Gasteiger partial charge in [0, 0.05) is 33.2 Å². The molecule has 0 bridgehead atoms. The predicted octanol–water partition coefficient (Wildman–Crippen LogP) is 18.8. The van der Waals surface area contributed by atoms with E-state index in [1.165, 1.54) is 93.8 Å². The largest absolute Gasteiger partial charge is 0.310 e. The van der Waals surface area contributed by atoms with Crippen LogP contribution in [0.5, 0.6) is 0 Å². The van der Waals surface area contributed by atoms with Crippen molar-refractivity contribution in [3.63, 3.8) is 0 Å². The van der Waals surface area contributed by atoms with Gasteiger partial charge >= 0.3 is 0 Å². The maximum Gasteiger partial charge on any atom is 0.0713 e. The maximum absolute atomic E-state index is 2.48. The van der Waals surface area contributed by atoms with Crippen LogP contribution in [0.15, 0.2) is 291 Å². The third-order valence-corrected chi connectivity index (χ3v) is 15.3. The zero-order chi connectivity index (χ0) is 48.3. The summed E-state index contributed by atoms with van der Waals surface area (Å²) in [5.41, 5.74) is 21.2. The van der Waals surface area contributed by atoms with E-state index >= 15 is 0 Å². The normalized spacial score (nSPS) is 12.5. The van der Waals surface area contributed by atoms with Crippen LogP contribution in [0.25, 0.3) is 82.8 Å². The van der Waals surface area contributed by atoms with Crippen LogP contribution >= 0.6 is 0 Å². The highest BCUT2D eigenvalue weighted by Gasteiger charge is 2.46. The smallest absolute Gasteiger partial charge is 0.0713 e. The number of para-hydroxylation sites is 1. The number of aromatic nitrogens is 1. The number of nitrogens with zero attached hydrogens (tertiary/aromatic N) is 2. The molecule has 1 aromatic heterocycles. The van der Waals surface area contributed by atoms with E-state index < -0.39 is 5.41 Å². The molecule has 1 aliphatic rings. The van der Waals surface area contributed by atoms with Gasteiger partial charge in [-0.2, -0.15) is 0 Å². The zero-order valence-corrected chi connectivity index (χ0v) is 40.1. The van der Waals surface area contributed by atoms with Crippen LogP contribution in [0, 0.1) is 0 Å². The molecule has 0 amide bonds.